The van der Waals surface area contributed by atoms with Gasteiger partial charge in [-0.25, -0.2) is 22.8 Å². The molecule has 0 unspecified atom stereocenters. The van der Waals surface area contributed by atoms with Gasteiger partial charge in [0.15, 0.2) is 15.5 Å². The number of imidazole rings is 1. The topological polar surface area (TPSA) is 103 Å². The molecule has 33 heavy (non-hydrogen) atoms. The number of aromatic nitrogens is 3. The van der Waals surface area contributed by atoms with Gasteiger partial charge in [-0.2, -0.15) is 0 Å². The number of halogens is 1. The number of rotatable bonds is 8. The maximum absolute atomic E-state index is 13.5. The lowest BCUT2D eigenvalue weighted by Gasteiger charge is -2.16. The van der Waals surface area contributed by atoms with Gasteiger partial charge in [0.1, 0.15) is 35.0 Å². The van der Waals surface area contributed by atoms with Gasteiger partial charge in [-0.1, -0.05) is 0 Å². The normalized spacial score (nSPS) is 12.6. The second-order valence-electron chi connectivity index (χ2n) is 7.53. The van der Waals surface area contributed by atoms with E-state index in [1.54, 1.807) is 37.4 Å². The van der Waals surface area contributed by atoms with Gasteiger partial charge in [0.25, 0.3) is 0 Å². The van der Waals surface area contributed by atoms with Crippen LogP contribution in [-0.2, 0) is 14.6 Å². The van der Waals surface area contributed by atoms with Crippen molar-refractivity contribution in [3.8, 4) is 28.6 Å². The van der Waals surface area contributed by atoms with E-state index in [9.17, 15) is 12.8 Å². The highest BCUT2D eigenvalue weighted by Gasteiger charge is 2.14. The number of hydrogen-bond acceptors (Lipinski definition) is 7. The Bertz CT molecular complexity index is 1390. The third-order valence-electron chi connectivity index (χ3n) is 4.68. The van der Waals surface area contributed by atoms with Crippen LogP contribution >= 0.6 is 0 Å². The second kappa shape index (κ2) is 9.16. The third-order valence-corrected chi connectivity index (χ3v) is 5.81. The summed E-state index contributed by atoms with van der Waals surface area (Å²) in [6, 6.07) is 12.7. The molecule has 0 amide bonds. The molecule has 0 saturated carbocycles. The Hall–Kier alpha value is -3.50. The lowest BCUT2D eigenvalue weighted by atomic mass is 10.2. The van der Waals surface area contributed by atoms with Crippen LogP contribution in [0.15, 0.2) is 59.6 Å². The quantitative estimate of drug-likeness (QED) is 0.407. The Labute approximate surface area is 190 Å². The predicted octanol–water partition coefficient (Wildman–Crippen LogP) is 4.37. The molecule has 8 nitrogen and oxygen atoms in total. The fourth-order valence-electron chi connectivity index (χ4n) is 3.24. The highest BCUT2D eigenvalue weighted by Crippen LogP contribution is 2.33. The number of H-pyrrole nitrogens is 1. The number of nitrogens with one attached hydrogen (secondary N) is 1. The molecular weight excluding hydrogens is 449 g/mol. The van der Waals surface area contributed by atoms with E-state index in [4.69, 9.17) is 14.2 Å². The maximum atomic E-state index is 13.5. The van der Waals surface area contributed by atoms with Crippen LogP contribution in [0, 0.1) is 5.82 Å². The molecule has 172 valence electrons. The number of nitrogens with zero attached hydrogens (tertiary/aromatic N) is 2. The zero-order chi connectivity index (χ0) is 23.6. The molecule has 4 rings (SSSR count). The zero-order valence-electron chi connectivity index (χ0n) is 18.2. The van der Waals surface area contributed by atoms with Crippen molar-refractivity contribution in [3.05, 3.63) is 60.5 Å². The highest BCUT2D eigenvalue weighted by atomic mass is 32.2. The van der Waals surface area contributed by atoms with Gasteiger partial charge in [-0.05, 0) is 43.3 Å². The Morgan fingerprint density at radius 3 is 2.48 bits per heavy atom. The summed E-state index contributed by atoms with van der Waals surface area (Å²) in [5.41, 5.74) is 1.48. The van der Waals surface area contributed by atoms with Crippen molar-refractivity contribution in [2.24, 2.45) is 0 Å². The molecule has 1 atom stereocenters. The average molecular weight is 472 g/mol. The molecule has 0 saturated heterocycles. The molecular formula is C23H22FN3O5S. The van der Waals surface area contributed by atoms with Crippen LogP contribution < -0.4 is 9.47 Å². The largest absolute Gasteiger partial charge is 0.488 e. The number of sulfone groups is 1. The first-order chi connectivity index (χ1) is 15.7. The number of methoxy groups -OCH3 is 1. The van der Waals surface area contributed by atoms with Crippen LogP contribution in [0.2, 0.25) is 0 Å². The van der Waals surface area contributed by atoms with E-state index in [1.807, 2.05) is 6.92 Å². The van der Waals surface area contributed by atoms with Gasteiger partial charge in [0.2, 0.25) is 0 Å². The van der Waals surface area contributed by atoms with Crippen LogP contribution in [0.5, 0.6) is 17.2 Å². The first kappa shape index (κ1) is 22.7. The molecule has 0 spiro atoms. The highest BCUT2D eigenvalue weighted by molar-refractivity contribution is 7.90. The summed E-state index contributed by atoms with van der Waals surface area (Å²) in [4.78, 5) is 11.7. The van der Waals surface area contributed by atoms with Crippen LogP contribution in [0.25, 0.3) is 22.6 Å². The SMILES string of the molecule is COC[C@H](C)Oc1cc(Oc2ccc(S(C)(=O)=O)cc2)cc(-c2nc3ncc(F)cc3[nH]2)c1. The molecule has 0 aliphatic heterocycles. The smallest absolute Gasteiger partial charge is 0.178 e. The fraction of sp³-hybridized carbons (Fsp3) is 0.217. The minimum Gasteiger partial charge on any atom is -0.488 e. The molecule has 10 heteroatoms. The summed E-state index contributed by atoms with van der Waals surface area (Å²) in [5.74, 6) is 1.40. The lowest BCUT2D eigenvalue weighted by Crippen LogP contribution is -2.17. The van der Waals surface area contributed by atoms with Gasteiger partial charge >= 0.3 is 0 Å². The van der Waals surface area contributed by atoms with Gasteiger partial charge < -0.3 is 19.2 Å². The maximum Gasteiger partial charge on any atom is 0.178 e. The summed E-state index contributed by atoms with van der Waals surface area (Å²) < 4.78 is 54.0. The Balaban J connectivity index is 1.70. The molecule has 1 N–H and O–H groups in total. The molecule has 0 radical (unpaired) electrons. The molecule has 0 fully saturated rings. The minimum absolute atomic E-state index is 0.197. The van der Waals surface area contributed by atoms with E-state index in [2.05, 4.69) is 15.0 Å². The number of pyridine rings is 1. The molecule has 4 aromatic rings. The second-order valence-corrected chi connectivity index (χ2v) is 9.55. The third kappa shape index (κ3) is 5.47. The number of hydrogen-bond donors (Lipinski definition) is 1. The summed E-state index contributed by atoms with van der Waals surface area (Å²) in [6.07, 6.45) is 2.03. The number of aromatic amines is 1. The molecule has 0 aliphatic rings. The van der Waals surface area contributed by atoms with Gasteiger partial charge in [0, 0.05) is 31.1 Å². The molecule has 0 aliphatic carbocycles. The Kier molecular flexibility index (Phi) is 6.30. The van der Waals surface area contributed by atoms with Crippen molar-refractivity contribution in [3.63, 3.8) is 0 Å². The summed E-state index contributed by atoms with van der Waals surface area (Å²) in [6.45, 7) is 2.26. The fourth-order valence-corrected chi connectivity index (χ4v) is 3.87. The lowest BCUT2D eigenvalue weighted by molar-refractivity contribution is 0.0920. The number of benzene rings is 2. The monoisotopic (exact) mass is 471 g/mol. The van der Waals surface area contributed by atoms with Crippen molar-refractivity contribution in [1.82, 2.24) is 15.0 Å². The molecule has 0 bridgehead atoms. The van der Waals surface area contributed by atoms with Crippen LogP contribution in [-0.4, -0.2) is 49.4 Å². The van der Waals surface area contributed by atoms with Crippen molar-refractivity contribution in [2.75, 3.05) is 20.0 Å². The number of ether oxygens (including phenoxy) is 3. The van der Waals surface area contributed by atoms with E-state index in [0.717, 1.165) is 12.5 Å². The van der Waals surface area contributed by atoms with Gasteiger partial charge in [0.05, 0.1) is 23.2 Å². The Morgan fingerprint density at radius 1 is 1.06 bits per heavy atom. The van der Waals surface area contributed by atoms with E-state index >= 15 is 0 Å². The van der Waals surface area contributed by atoms with Crippen molar-refractivity contribution < 1.29 is 27.0 Å². The number of fused-ring (bicyclic) bond motifs is 1. The van der Waals surface area contributed by atoms with Crippen LogP contribution in [0.1, 0.15) is 6.92 Å². The first-order valence-electron chi connectivity index (χ1n) is 10.0. The predicted molar refractivity (Wildman–Crippen MR) is 121 cm³/mol. The molecule has 2 heterocycles. The van der Waals surface area contributed by atoms with E-state index in [0.29, 0.717) is 46.4 Å². The van der Waals surface area contributed by atoms with Crippen LogP contribution in [0.3, 0.4) is 0 Å². The molecule has 2 aromatic heterocycles. The zero-order valence-corrected chi connectivity index (χ0v) is 19.0. The summed E-state index contributed by atoms with van der Waals surface area (Å²) in [5, 5.41) is 0. The average Bonchev–Trinajstić information content (AvgIpc) is 3.17. The summed E-state index contributed by atoms with van der Waals surface area (Å²) in [7, 11) is -1.72. The minimum atomic E-state index is -3.31. The standard InChI is InChI=1S/C23H22FN3O5S/c1-14(13-30-2)31-18-8-15(22-26-21-10-16(24)12-25-23(21)27-22)9-19(11-18)32-17-4-6-20(7-5-17)33(3,28)29/h4-12,14H,13H2,1-3H3,(H,25,26,27)/t14-/m0/s1. The molecule has 2 aromatic carbocycles. The van der Waals surface area contributed by atoms with Crippen molar-refractivity contribution in [1.29, 1.82) is 0 Å². The first-order valence-corrected chi connectivity index (χ1v) is 11.9. The van der Waals surface area contributed by atoms with Crippen molar-refractivity contribution >= 4 is 21.0 Å². The van der Waals surface area contributed by atoms with E-state index in [1.165, 1.54) is 18.2 Å². The van der Waals surface area contributed by atoms with Crippen LogP contribution in [0.4, 0.5) is 4.39 Å². The summed E-state index contributed by atoms with van der Waals surface area (Å²) >= 11 is 0. The van der Waals surface area contributed by atoms with E-state index in [-0.39, 0.29) is 11.0 Å². The van der Waals surface area contributed by atoms with Gasteiger partial charge in [-0.15, -0.1) is 0 Å². The van der Waals surface area contributed by atoms with Gasteiger partial charge in [-0.3, -0.25) is 0 Å². The van der Waals surface area contributed by atoms with Crippen molar-refractivity contribution in [2.45, 2.75) is 17.9 Å². The Morgan fingerprint density at radius 2 is 1.79 bits per heavy atom. The van der Waals surface area contributed by atoms with E-state index < -0.39 is 15.7 Å².